The van der Waals surface area contributed by atoms with Crippen molar-refractivity contribution in [1.82, 2.24) is 10.6 Å². The molecule has 0 saturated carbocycles. The van der Waals surface area contributed by atoms with Crippen LogP contribution < -0.4 is 10.6 Å². The third kappa shape index (κ3) is 0.956. The van der Waals surface area contributed by atoms with Crippen molar-refractivity contribution in [3.05, 3.63) is 0 Å². The third-order valence-corrected chi connectivity index (χ3v) is 2.88. The summed E-state index contributed by atoms with van der Waals surface area (Å²) in [6.45, 7) is 4.75. The molecular formula is C8H16N2. The monoisotopic (exact) mass is 140 g/mol. The lowest BCUT2D eigenvalue weighted by Crippen LogP contribution is -2.44. The fraction of sp³-hybridized carbons (Fsp3) is 1.00. The van der Waals surface area contributed by atoms with Crippen LogP contribution in [0.3, 0.4) is 0 Å². The number of rotatable bonds is 0. The zero-order chi connectivity index (χ0) is 6.97. The fourth-order valence-corrected chi connectivity index (χ4v) is 2.26. The van der Waals surface area contributed by atoms with Crippen LogP contribution in [0.25, 0.3) is 0 Å². The summed E-state index contributed by atoms with van der Waals surface area (Å²) in [5.41, 5.74) is 0. The Kier molecular flexibility index (Phi) is 1.66. The second-order valence-corrected chi connectivity index (χ2v) is 3.58. The Morgan fingerprint density at radius 1 is 1.30 bits per heavy atom. The van der Waals surface area contributed by atoms with Crippen molar-refractivity contribution < 1.29 is 0 Å². The van der Waals surface area contributed by atoms with E-state index in [0.717, 1.165) is 12.0 Å². The van der Waals surface area contributed by atoms with Crippen molar-refractivity contribution in [2.75, 3.05) is 13.1 Å². The lowest BCUT2D eigenvalue weighted by molar-refractivity contribution is 0.316. The molecule has 0 spiro atoms. The Morgan fingerprint density at radius 3 is 3.00 bits per heavy atom. The van der Waals surface area contributed by atoms with Gasteiger partial charge in [0.1, 0.15) is 0 Å². The second kappa shape index (κ2) is 2.51. The highest BCUT2D eigenvalue weighted by molar-refractivity contribution is 4.95. The minimum atomic E-state index is 0.699. The molecular weight excluding hydrogens is 124 g/mol. The molecule has 2 aliphatic rings. The van der Waals surface area contributed by atoms with Gasteiger partial charge in [-0.3, -0.25) is 0 Å². The molecule has 0 aromatic heterocycles. The van der Waals surface area contributed by atoms with E-state index in [1.165, 1.54) is 25.9 Å². The first-order valence-corrected chi connectivity index (χ1v) is 4.34. The number of hydrogen-bond donors (Lipinski definition) is 2. The molecule has 3 atom stereocenters. The van der Waals surface area contributed by atoms with Gasteiger partial charge in [-0.05, 0) is 38.8 Å². The Morgan fingerprint density at radius 2 is 2.20 bits per heavy atom. The van der Waals surface area contributed by atoms with Crippen LogP contribution >= 0.6 is 0 Å². The van der Waals surface area contributed by atoms with Crippen molar-refractivity contribution in [2.45, 2.75) is 31.8 Å². The highest BCUT2D eigenvalue weighted by Crippen LogP contribution is 2.22. The van der Waals surface area contributed by atoms with Crippen LogP contribution in [0.15, 0.2) is 0 Å². The summed E-state index contributed by atoms with van der Waals surface area (Å²) in [6.07, 6.45) is 2.80. The zero-order valence-corrected chi connectivity index (χ0v) is 6.56. The average molecular weight is 140 g/mol. The Labute approximate surface area is 62.4 Å². The summed E-state index contributed by atoms with van der Waals surface area (Å²) in [4.78, 5) is 0. The predicted molar refractivity (Wildman–Crippen MR) is 42.0 cm³/mol. The van der Waals surface area contributed by atoms with Crippen molar-refractivity contribution in [3.8, 4) is 0 Å². The molecule has 10 heavy (non-hydrogen) atoms. The summed E-state index contributed by atoms with van der Waals surface area (Å²) in [5.74, 6) is 0.920. The van der Waals surface area contributed by atoms with Crippen molar-refractivity contribution in [1.29, 1.82) is 0 Å². The smallest absolute Gasteiger partial charge is 0.0258 e. The van der Waals surface area contributed by atoms with Gasteiger partial charge in [0.15, 0.2) is 0 Å². The van der Waals surface area contributed by atoms with Crippen LogP contribution in [-0.4, -0.2) is 25.2 Å². The lowest BCUT2D eigenvalue weighted by Gasteiger charge is -2.27. The van der Waals surface area contributed by atoms with Crippen LogP contribution in [0, 0.1) is 5.92 Å². The van der Waals surface area contributed by atoms with Gasteiger partial charge in [-0.25, -0.2) is 0 Å². The zero-order valence-electron chi connectivity index (χ0n) is 6.56. The molecule has 2 fully saturated rings. The van der Waals surface area contributed by atoms with E-state index in [4.69, 9.17) is 0 Å². The summed E-state index contributed by atoms with van der Waals surface area (Å²) in [6, 6.07) is 1.47. The minimum Gasteiger partial charge on any atom is -0.312 e. The van der Waals surface area contributed by atoms with E-state index in [1.54, 1.807) is 0 Å². The summed E-state index contributed by atoms with van der Waals surface area (Å²) >= 11 is 0. The van der Waals surface area contributed by atoms with Gasteiger partial charge in [-0.2, -0.15) is 0 Å². The second-order valence-electron chi connectivity index (χ2n) is 3.58. The molecule has 2 N–H and O–H groups in total. The third-order valence-electron chi connectivity index (χ3n) is 2.88. The van der Waals surface area contributed by atoms with Gasteiger partial charge in [-0.1, -0.05) is 0 Å². The molecule has 2 nitrogen and oxygen atoms in total. The molecule has 0 amide bonds. The van der Waals surface area contributed by atoms with Gasteiger partial charge in [-0.15, -0.1) is 0 Å². The molecule has 2 aliphatic heterocycles. The van der Waals surface area contributed by atoms with Gasteiger partial charge < -0.3 is 10.6 Å². The average Bonchev–Trinajstić information content (AvgIpc) is 2.34. The van der Waals surface area contributed by atoms with E-state index >= 15 is 0 Å². The molecule has 0 bridgehead atoms. The number of hydrogen-bond acceptors (Lipinski definition) is 2. The standard InChI is InChI=1S/C8H16N2/c1-6-8-7(5-10-6)3-2-4-9-8/h6-10H,2-5H2,1H3. The largest absolute Gasteiger partial charge is 0.312 e. The first-order valence-electron chi connectivity index (χ1n) is 4.34. The normalized spacial score (nSPS) is 47.1. The quantitative estimate of drug-likeness (QED) is 0.507. The lowest BCUT2D eigenvalue weighted by atomic mass is 9.91. The highest BCUT2D eigenvalue weighted by atomic mass is 15.1. The SMILES string of the molecule is CC1NCC2CCCNC21. The Hall–Kier alpha value is -0.0800. The molecule has 2 heterocycles. The van der Waals surface area contributed by atoms with Gasteiger partial charge >= 0.3 is 0 Å². The van der Waals surface area contributed by atoms with Gasteiger partial charge in [0.25, 0.3) is 0 Å². The van der Waals surface area contributed by atoms with E-state index in [1.807, 2.05) is 0 Å². The molecule has 0 aliphatic carbocycles. The fourth-order valence-electron chi connectivity index (χ4n) is 2.26. The Bertz CT molecular complexity index is 122. The van der Waals surface area contributed by atoms with E-state index in [2.05, 4.69) is 17.6 Å². The van der Waals surface area contributed by atoms with Gasteiger partial charge in [0.2, 0.25) is 0 Å². The van der Waals surface area contributed by atoms with Crippen LogP contribution in [0.2, 0.25) is 0 Å². The van der Waals surface area contributed by atoms with E-state index in [0.29, 0.717) is 6.04 Å². The topological polar surface area (TPSA) is 24.1 Å². The first-order chi connectivity index (χ1) is 4.88. The van der Waals surface area contributed by atoms with E-state index < -0.39 is 0 Å². The Balaban J connectivity index is 2.01. The summed E-state index contributed by atoms with van der Waals surface area (Å²) < 4.78 is 0. The highest BCUT2D eigenvalue weighted by Gasteiger charge is 2.33. The van der Waals surface area contributed by atoms with Gasteiger partial charge in [0, 0.05) is 12.1 Å². The predicted octanol–water partition coefficient (Wildman–Crippen LogP) is 0.346. The number of piperidine rings is 1. The molecule has 3 unspecified atom stereocenters. The molecule has 0 radical (unpaired) electrons. The van der Waals surface area contributed by atoms with Crippen LogP contribution in [0.4, 0.5) is 0 Å². The van der Waals surface area contributed by atoms with Gasteiger partial charge in [0.05, 0.1) is 0 Å². The summed E-state index contributed by atoms with van der Waals surface area (Å²) in [5, 5.41) is 7.07. The molecule has 58 valence electrons. The molecule has 0 aromatic carbocycles. The first kappa shape index (κ1) is 6.62. The van der Waals surface area contributed by atoms with E-state index in [-0.39, 0.29) is 0 Å². The van der Waals surface area contributed by atoms with Crippen LogP contribution in [0.5, 0.6) is 0 Å². The maximum Gasteiger partial charge on any atom is 0.0258 e. The van der Waals surface area contributed by atoms with E-state index in [9.17, 15) is 0 Å². The molecule has 0 aromatic rings. The number of nitrogens with one attached hydrogen (secondary N) is 2. The maximum atomic E-state index is 3.57. The molecule has 2 heteroatoms. The van der Waals surface area contributed by atoms with Crippen LogP contribution in [0.1, 0.15) is 19.8 Å². The minimum absolute atomic E-state index is 0.699. The van der Waals surface area contributed by atoms with Crippen molar-refractivity contribution in [3.63, 3.8) is 0 Å². The van der Waals surface area contributed by atoms with Crippen molar-refractivity contribution in [2.24, 2.45) is 5.92 Å². The molecule has 2 rings (SSSR count). The van der Waals surface area contributed by atoms with Crippen LogP contribution in [-0.2, 0) is 0 Å². The molecule has 2 saturated heterocycles. The van der Waals surface area contributed by atoms with Crippen molar-refractivity contribution >= 4 is 0 Å². The summed E-state index contributed by atoms with van der Waals surface area (Å²) in [7, 11) is 0. The number of fused-ring (bicyclic) bond motifs is 1. The maximum absolute atomic E-state index is 3.57.